The summed E-state index contributed by atoms with van der Waals surface area (Å²) in [7, 11) is 1.61. The minimum absolute atomic E-state index is 0.205. The van der Waals surface area contributed by atoms with E-state index < -0.39 is 0 Å². The highest BCUT2D eigenvalue weighted by Gasteiger charge is 2.21. The molecule has 0 saturated carbocycles. The van der Waals surface area contributed by atoms with E-state index in [1.807, 2.05) is 45.0 Å². The van der Waals surface area contributed by atoms with Gasteiger partial charge in [0.1, 0.15) is 12.3 Å². The smallest absolute Gasteiger partial charge is 0.318 e. The Morgan fingerprint density at radius 1 is 1.36 bits per heavy atom. The van der Waals surface area contributed by atoms with Gasteiger partial charge in [-0.2, -0.15) is 4.98 Å². The number of nitrogens with one attached hydrogen (secondary N) is 1. The van der Waals surface area contributed by atoms with Crippen LogP contribution >= 0.6 is 0 Å². The molecule has 0 bridgehead atoms. The van der Waals surface area contributed by atoms with Gasteiger partial charge in [-0.05, 0) is 45.0 Å². The molecule has 1 aromatic heterocycles. The van der Waals surface area contributed by atoms with Crippen LogP contribution in [0.1, 0.15) is 26.7 Å². The lowest BCUT2D eigenvalue weighted by Crippen LogP contribution is -2.48. The molecule has 0 atom stereocenters. The van der Waals surface area contributed by atoms with Gasteiger partial charge in [-0.1, -0.05) is 11.2 Å². The molecule has 0 fully saturated rings. The molecular weight excluding hydrogens is 320 g/mol. The van der Waals surface area contributed by atoms with Gasteiger partial charge < -0.3 is 19.5 Å². The average Bonchev–Trinajstić information content (AvgIpc) is 3.01. The van der Waals surface area contributed by atoms with Crippen LogP contribution in [-0.4, -0.2) is 40.3 Å². The molecule has 0 saturated heterocycles. The summed E-state index contributed by atoms with van der Waals surface area (Å²) >= 11 is 0. The maximum absolute atomic E-state index is 12.4. The standard InChI is InChI=1S/C18H24N4O3/c1-6-11-22(17(23)20-18(2,3)4)12-15-19-16(21-25-15)13-7-9-14(24-5)10-8-13/h6-10H,1,11-12H2,2-5H3,(H,20,23). The Morgan fingerprint density at radius 2 is 2.04 bits per heavy atom. The van der Waals surface area contributed by atoms with Crippen molar-refractivity contribution in [1.29, 1.82) is 0 Å². The SMILES string of the molecule is C=CCN(Cc1nc(-c2ccc(OC)cc2)no1)C(=O)NC(C)(C)C. The molecule has 2 rings (SSSR count). The summed E-state index contributed by atoms with van der Waals surface area (Å²) in [5.41, 5.74) is 0.477. The second-order valence-electron chi connectivity index (χ2n) is 6.59. The third kappa shape index (κ3) is 5.34. The van der Waals surface area contributed by atoms with E-state index in [1.165, 1.54) is 0 Å². The summed E-state index contributed by atoms with van der Waals surface area (Å²) in [6, 6.07) is 7.14. The first-order valence-corrected chi connectivity index (χ1v) is 7.97. The highest BCUT2D eigenvalue weighted by atomic mass is 16.5. The van der Waals surface area contributed by atoms with Crippen molar-refractivity contribution in [3.8, 4) is 17.1 Å². The van der Waals surface area contributed by atoms with Gasteiger partial charge in [0, 0.05) is 17.6 Å². The molecular formula is C18H24N4O3. The van der Waals surface area contributed by atoms with Gasteiger partial charge in [0.05, 0.1) is 7.11 Å². The topological polar surface area (TPSA) is 80.5 Å². The minimum atomic E-state index is -0.334. The van der Waals surface area contributed by atoms with Gasteiger partial charge in [0.2, 0.25) is 11.7 Å². The first-order valence-electron chi connectivity index (χ1n) is 7.97. The Balaban J connectivity index is 2.11. The largest absolute Gasteiger partial charge is 0.497 e. The summed E-state index contributed by atoms with van der Waals surface area (Å²) in [6.07, 6.45) is 1.66. The number of nitrogens with zero attached hydrogens (tertiary/aromatic N) is 3. The molecule has 0 aliphatic rings. The number of methoxy groups -OCH3 is 1. The van der Waals surface area contributed by atoms with Crippen LogP contribution in [0.2, 0.25) is 0 Å². The van der Waals surface area contributed by atoms with Crippen molar-refractivity contribution in [1.82, 2.24) is 20.4 Å². The number of ether oxygens (including phenoxy) is 1. The van der Waals surface area contributed by atoms with Crippen molar-refractivity contribution in [3.63, 3.8) is 0 Å². The van der Waals surface area contributed by atoms with Crippen LogP contribution in [0.4, 0.5) is 4.79 Å². The Kier molecular flexibility index (Phi) is 5.80. The third-order valence-corrected chi connectivity index (χ3v) is 3.26. The first kappa shape index (κ1) is 18.5. The maximum atomic E-state index is 12.4. The van der Waals surface area contributed by atoms with E-state index in [-0.39, 0.29) is 18.1 Å². The summed E-state index contributed by atoms with van der Waals surface area (Å²) < 4.78 is 10.4. The quantitative estimate of drug-likeness (QED) is 0.814. The number of aromatic nitrogens is 2. The van der Waals surface area contributed by atoms with E-state index in [4.69, 9.17) is 9.26 Å². The second-order valence-corrected chi connectivity index (χ2v) is 6.59. The number of carbonyl (C=O) groups excluding carboxylic acids is 1. The Morgan fingerprint density at radius 3 is 2.60 bits per heavy atom. The maximum Gasteiger partial charge on any atom is 0.318 e. The van der Waals surface area contributed by atoms with Gasteiger partial charge in [0.25, 0.3) is 0 Å². The molecule has 0 radical (unpaired) electrons. The predicted octanol–water partition coefficient (Wildman–Crippen LogP) is 3.24. The molecule has 0 aliphatic carbocycles. The molecule has 0 spiro atoms. The second kappa shape index (κ2) is 7.83. The zero-order valence-electron chi connectivity index (χ0n) is 15.1. The predicted molar refractivity (Wildman–Crippen MR) is 95.2 cm³/mol. The van der Waals surface area contributed by atoms with Crippen molar-refractivity contribution in [2.75, 3.05) is 13.7 Å². The minimum Gasteiger partial charge on any atom is -0.497 e. The molecule has 25 heavy (non-hydrogen) atoms. The van der Waals surface area contributed by atoms with Crippen molar-refractivity contribution >= 4 is 6.03 Å². The lowest BCUT2D eigenvalue weighted by Gasteiger charge is -2.26. The summed E-state index contributed by atoms with van der Waals surface area (Å²) in [5, 5.41) is 6.89. The van der Waals surface area contributed by atoms with Crippen LogP contribution in [0.3, 0.4) is 0 Å². The Labute approximate surface area is 147 Å². The van der Waals surface area contributed by atoms with Crippen molar-refractivity contribution in [2.45, 2.75) is 32.9 Å². The Bertz CT molecular complexity index is 717. The molecule has 1 heterocycles. The lowest BCUT2D eigenvalue weighted by atomic mass is 10.1. The molecule has 0 aliphatic heterocycles. The molecule has 2 amide bonds. The van der Waals surface area contributed by atoms with E-state index >= 15 is 0 Å². The summed E-state index contributed by atoms with van der Waals surface area (Å²) in [5.74, 6) is 1.58. The number of hydrogen-bond acceptors (Lipinski definition) is 5. The number of rotatable bonds is 6. The number of benzene rings is 1. The van der Waals surface area contributed by atoms with Crippen LogP contribution in [0, 0.1) is 0 Å². The molecule has 1 aromatic carbocycles. The van der Waals surface area contributed by atoms with E-state index in [1.54, 1.807) is 18.1 Å². The van der Waals surface area contributed by atoms with Crippen molar-refractivity contribution in [2.24, 2.45) is 0 Å². The molecule has 7 nitrogen and oxygen atoms in total. The van der Waals surface area contributed by atoms with Crippen LogP contribution in [0.25, 0.3) is 11.4 Å². The molecule has 7 heteroatoms. The fraction of sp³-hybridized carbons (Fsp3) is 0.389. The van der Waals surface area contributed by atoms with Crippen molar-refractivity contribution < 1.29 is 14.1 Å². The van der Waals surface area contributed by atoms with Crippen LogP contribution in [-0.2, 0) is 6.54 Å². The monoisotopic (exact) mass is 344 g/mol. The van der Waals surface area contributed by atoms with E-state index in [0.29, 0.717) is 18.3 Å². The van der Waals surface area contributed by atoms with Crippen LogP contribution in [0.5, 0.6) is 5.75 Å². The fourth-order valence-electron chi connectivity index (χ4n) is 2.11. The molecule has 1 N–H and O–H groups in total. The van der Waals surface area contributed by atoms with Gasteiger partial charge >= 0.3 is 6.03 Å². The number of amides is 2. The van der Waals surface area contributed by atoms with Crippen molar-refractivity contribution in [3.05, 3.63) is 42.8 Å². The zero-order chi connectivity index (χ0) is 18.4. The number of hydrogen-bond donors (Lipinski definition) is 1. The fourth-order valence-corrected chi connectivity index (χ4v) is 2.11. The zero-order valence-corrected chi connectivity index (χ0v) is 15.1. The van der Waals surface area contributed by atoms with Gasteiger partial charge in [0.15, 0.2) is 0 Å². The van der Waals surface area contributed by atoms with Crippen LogP contribution < -0.4 is 10.1 Å². The first-order chi connectivity index (χ1) is 11.8. The summed E-state index contributed by atoms with van der Waals surface area (Å²) in [6.45, 7) is 10.0. The van der Waals surface area contributed by atoms with Gasteiger partial charge in [-0.25, -0.2) is 4.79 Å². The lowest BCUT2D eigenvalue weighted by molar-refractivity contribution is 0.184. The van der Waals surface area contributed by atoms with E-state index in [2.05, 4.69) is 22.0 Å². The normalized spacial score (nSPS) is 11.0. The molecule has 134 valence electrons. The van der Waals surface area contributed by atoms with E-state index in [0.717, 1.165) is 11.3 Å². The van der Waals surface area contributed by atoms with Gasteiger partial charge in [-0.15, -0.1) is 6.58 Å². The average molecular weight is 344 g/mol. The molecule has 0 unspecified atom stereocenters. The van der Waals surface area contributed by atoms with Gasteiger partial charge in [-0.3, -0.25) is 0 Å². The Hall–Kier alpha value is -2.83. The third-order valence-electron chi connectivity index (χ3n) is 3.26. The highest BCUT2D eigenvalue weighted by molar-refractivity contribution is 5.75. The van der Waals surface area contributed by atoms with Crippen LogP contribution in [0.15, 0.2) is 41.4 Å². The molecule has 2 aromatic rings. The van der Waals surface area contributed by atoms with E-state index in [9.17, 15) is 4.79 Å². The summed E-state index contributed by atoms with van der Waals surface area (Å²) in [4.78, 5) is 18.3. The number of urea groups is 1. The number of carbonyl (C=O) groups is 1. The highest BCUT2D eigenvalue weighted by Crippen LogP contribution is 2.20.